The monoisotopic (exact) mass is 576 g/mol. The second-order valence-corrected chi connectivity index (χ2v) is 10.8. The first kappa shape index (κ1) is 30.0. The first-order valence-electron chi connectivity index (χ1n) is 13.8. The van der Waals surface area contributed by atoms with E-state index < -0.39 is 0 Å². The average molecular weight is 577 g/mol. The van der Waals surface area contributed by atoms with E-state index in [9.17, 15) is 9.59 Å². The number of carbonyl (C=O) groups excluding carboxylic acids is 2. The second-order valence-electron chi connectivity index (χ2n) is 9.78. The van der Waals surface area contributed by atoms with E-state index in [0.717, 1.165) is 53.3 Å². The molecular weight excluding hydrogens is 540 g/mol. The molecule has 0 aliphatic heterocycles. The van der Waals surface area contributed by atoms with Gasteiger partial charge in [0.1, 0.15) is 16.9 Å². The lowest BCUT2D eigenvalue weighted by atomic mass is 9.92. The number of hydrogen-bond donors (Lipinski definition) is 2. The number of aromatic nitrogens is 4. The summed E-state index contributed by atoms with van der Waals surface area (Å²) in [6.07, 6.45) is 7.64. The molecule has 2 unspecified atom stereocenters. The van der Waals surface area contributed by atoms with Gasteiger partial charge in [-0.3, -0.25) is 9.59 Å². The molecule has 216 valence electrons. The third-order valence-electron chi connectivity index (χ3n) is 6.49. The Morgan fingerprint density at radius 1 is 0.927 bits per heavy atom. The van der Waals surface area contributed by atoms with Gasteiger partial charge in [0.25, 0.3) is 0 Å². The van der Waals surface area contributed by atoms with Crippen LogP contribution >= 0.6 is 11.3 Å². The molecule has 4 rings (SSSR count). The van der Waals surface area contributed by atoms with Crippen molar-refractivity contribution in [3.8, 4) is 0 Å². The van der Waals surface area contributed by atoms with Crippen LogP contribution in [0.15, 0.2) is 65.9 Å². The number of amides is 2. The Morgan fingerprint density at radius 3 is 2.44 bits per heavy atom. The minimum absolute atomic E-state index is 0.112. The van der Waals surface area contributed by atoms with E-state index in [-0.39, 0.29) is 30.3 Å². The van der Waals surface area contributed by atoms with Crippen molar-refractivity contribution in [3.63, 3.8) is 0 Å². The van der Waals surface area contributed by atoms with Gasteiger partial charge in [0, 0.05) is 18.9 Å². The number of benzene rings is 1. The highest BCUT2D eigenvalue weighted by Gasteiger charge is 2.26. The third kappa shape index (κ3) is 9.29. The minimum atomic E-state index is -0.147. The molecule has 1 aromatic carbocycles. The maximum absolute atomic E-state index is 12.6. The minimum Gasteiger partial charge on any atom is -0.498 e. The van der Waals surface area contributed by atoms with Gasteiger partial charge in [-0.2, -0.15) is 5.10 Å². The molecule has 0 saturated carbocycles. The lowest BCUT2D eigenvalue weighted by Gasteiger charge is -2.27. The van der Waals surface area contributed by atoms with Crippen LogP contribution < -0.4 is 10.6 Å². The largest absolute Gasteiger partial charge is 0.498 e. The van der Waals surface area contributed by atoms with Crippen molar-refractivity contribution in [2.45, 2.75) is 58.5 Å². The van der Waals surface area contributed by atoms with Crippen molar-refractivity contribution in [2.24, 2.45) is 5.92 Å². The van der Waals surface area contributed by atoms with Gasteiger partial charge >= 0.3 is 0 Å². The van der Waals surface area contributed by atoms with E-state index in [4.69, 9.17) is 9.47 Å². The Hall–Kier alpha value is -3.96. The average Bonchev–Trinajstić information content (AvgIpc) is 3.40. The van der Waals surface area contributed by atoms with E-state index in [1.54, 1.807) is 13.2 Å². The predicted octanol–water partition coefficient (Wildman–Crippen LogP) is 4.91. The number of carbonyl (C=O) groups is 2. The SMILES string of the molecule is CCOC1C(OC)=CC(CC(=O)Nc2nnc(CCCCc3ccc(NC(=O)Cc4ccccc4)nn3)s2)=CC1C. The zero-order chi connectivity index (χ0) is 29.0. The van der Waals surface area contributed by atoms with E-state index in [1.807, 2.05) is 55.5 Å². The number of methoxy groups -OCH3 is 1. The quantitative estimate of drug-likeness (QED) is 0.259. The zero-order valence-corrected chi connectivity index (χ0v) is 24.4. The molecule has 2 N–H and O–H groups in total. The highest BCUT2D eigenvalue weighted by molar-refractivity contribution is 7.15. The number of ether oxygens (including phenoxy) is 2. The molecule has 0 radical (unpaired) electrons. The maximum Gasteiger partial charge on any atom is 0.230 e. The highest BCUT2D eigenvalue weighted by atomic mass is 32.1. The standard InChI is InChI=1S/C30H36N6O4S/c1-4-40-29-20(2)16-22(17-24(29)39-3)19-27(38)32-30-36-35-28(41-30)13-9-8-12-23-14-15-25(34-33-23)31-26(37)18-21-10-6-5-7-11-21/h5-7,10-11,14-17,20,29H,4,8-9,12-13,18-19H2,1-3H3,(H,31,34,37)(H,32,36,38). The number of nitrogens with one attached hydrogen (secondary N) is 2. The van der Waals surface area contributed by atoms with Crippen molar-refractivity contribution in [2.75, 3.05) is 24.4 Å². The molecule has 0 spiro atoms. The number of rotatable bonds is 14. The molecule has 41 heavy (non-hydrogen) atoms. The van der Waals surface area contributed by atoms with Gasteiger partial charge in [0.2, 0.25) is 16.9 Å². The first-order chi connectivity index (χ1) is 19.9. The van der Waals surface area contributed by atoms with Gasteiger partial charge in [0.15, 0.2) is 5.82 Å². The van der Waals surface area contributed by atoms with Gasteiger partial charge < -0.3 is 20.1 Å². The van der Waals surface area contributed by atoms with Crippen molar-refractivity contribution < 1.29 is 19.1 Å². The molecule has 0 fully saturated rings. The van der Waals surface area contributed by atoms with Crippen LogP contribution in [0.25, 0.3) is 0 Å². The molecule has 2 amide bonds. The van der Waals surface area contributed by atoms with Gasteiger partial charge in [-0.25, -0.2) is 0 Å². The Kier molecular flexibility index (Phi) is 11.1. The summed E-state index contributed by atoms with van der Waals surface area (Å²) in [4.78, 5) is 24.8. The van der Waals surface area contributed by atoms with Crippen LogP contribution in [0.4, 0.5) is 10.9 Å². The van der Waals surface area contributed by atoms with Crippen molar-refractivity contribution in [3.05, 3.63) is 82.2 Å². The zero-order valence-electron chi connectivity index (χ0n) is 23.6. The fourth-order valence-electron chi connectivity index (χ4n) is 4.56. The highest BCUT2D eigenvalue weighted by Crippen LogP contribution is 2.28. The summed E-state index contributed by atoms with van der Waals surface area (Å²) in [6, 6.07) is 13.2. The van der Waals surface area contributed by atoms with Gasteiger partial charge in [-0.05, 0) is 55.5 Å². The van der Waals surface area contributed by atoms with Crippen LogP contribution in [-0.4, -0.2) is 52.0 Å². The maximum atomic E-state index is 12.6. The Morgan fingerprint density at radius 2 is 1.71 bits per heavy atom. The van der Waals surface area contributed by atoms with Crippen LogP contribution in [0.2, 0.25) is 0 Å². The predicted molar refractivity (Wildman–Crippen MR) is 158 cm³/mol. The lowest BCUT2D eigenvalue weighted by Crippen LogP contribution is -2.27. The third-order valence-corrected chi connectivity index (χ3v) is 7.39. The van der Waals surface area contributed by atoms with E-state index in [1.165, 1.54) is 11.3 Å². The molecule has 11 heteroatoms. The Bertz CT molecular complexity index is 1360. The van der Waals surface area contributed by atoms with Gasteiger partial charge in [-0.15, -0.1) is 15.3 Å². The summed E-state index contributed by atoms with van der Waals surface area (Å²) in [6.45, 7) is 4.60. The number of aryl methyl sites for hydroxylation is 2. The molecule has 1 aliphatic rings. The Labute approximate surface area is 244 Å². The molecule has 2 heterocycles. The van der Waals surface area contributed by atoms with Crippen molar-refractivity contribution in [1.82, 2.24) is 20.4 Å². The number of anilines is 2. The van der Waals surface area contributed by atoms with Crippen LogP contribution in [-0.2, 0) is 38.3 Å². The molecule has 0 saturated heterocycles. The van der Waals surface area contributed by atoms with Gasteiger partial charge in [0.05, 0.1) is 25.6 Å². The summed E-state index contributed by atoms with van der Waals surface area (Å²) in [5, 5.41) is 23.7. The van der Waals surface area contributed by atoms with Crippen molar-refractivity contribution in [1.29, 1.82) is 0 Å². The molecule has 2 aromatic heterocycles. The fourth-order valence-corrected chi connectivity index (χ4v) is 5.36. The lowest BCUT2D eigenvalue weighted by molar-refractivity contribution is -0.116. The van der Waals surface area contributed by atoms with Gasteiger partial charge in [-0.1, -0.05) is 54.7 Å². The second kappa shape index (κ2) is 15.2. The van der Waals surface area contributed by atoms with E-state index in [2.05, 4.69) is 38.0 Å². The smallest absolute Gasteiger partial charge is 0.230 e. The topological polar surface area (TPSA) is 128 Å². The Balaban J connectivity index is 1.16. The fraction of sp³-hybridized carbons (Fsp3) is 0.400. The van der Waals surface area contributed by atoms with Crippen LogP contribution in [0.1, 0.15) is 49.4 Å². The van der Waals surface area contributed by atoms with Crippen LogP contribution in [0.3, 0.4) is 0 Å². The van der Waals surface area contributed by atoms with E-state index in [0.29, 0.717) is 24.0 Å². The number of nitrogens with zero attached hydrogens (tertiary/aromatic N) is 4. The molecular formula is C30H36N6O4S. The summed E-state index contributed by atoms with van der Waals surface area (Å²) >= 11 is 1.39. The summed E-state index contributed by atoms with van der Waals surface area (Å²) in [7, 11) is 1.62. The molecule has 1 aliphatic carbocycles. The molecule has 2 atom stereocenters. The normalized spacial score (nSPS) is 16.5. The summed E-state index contributed by atoms with van der Waals surface area (Å²) in [5.74, 6) is 1.01. The van der Waals surface area contributed by atoms with E-state index >= 15 is 0 Å². The summed E-state index contributed by atoms with van der Waals surface area (Å²) in [5.41, 5.74) is 2.69. The van der Waals surface area contributed by atoms with Crippen LogP contribution in [0, 0.1) is 5.92 Å². The molecule has 10 nitrogen and oxygen atoms in total. The first-order valence-corrected chi connectivity index (χ1v) is 14.6. The number of allylic oxidation sites excluding steroid dienone is 1. The van der Waals surface area contributed by atoms with Crippen LogP contribution in [0.5, 0.6) is 0 Å². The van der Waals surface area contributed by atoms with Crippen molar-refractivity contribution >= 4 is 34.1 Å². The molecule has 0 bridgehead atoms. The number of unbranched alkanes of at least 4 members (excludes halogenated alkanes) is 1. The summed E-state index contributed by atoms with van der Waals surface area (Å²) < 4.78 is 11.3. The molecule has 3 aromatic rings. The number of hydrogen-bond acceptors (Lipinski definition) is 9.